The summed E-state index contributed by atoms with van der Waals surface area (Å²) in [6.45, 7) is 2.86. The molecule has 0 radical (unpaired) electrons. The third-order valence-electron chi connectivity index (χ3n) is 5.03. The first kappa shape index (κ1) is 16.7. The van der Waals surface area contributed by atoms with E-state index in [2.05, 4.69) is 10.6 Å². The zero-order valence-electron chi connectivity index (χ0n) is 14.7. The number of hydrogen-bond acceptors (Lipinski definition) is 3. The van der Waals surface area contributed by atoms with Crippen LogP contribution >= 0.6 is 0 Å². The van der Waals surface area contributed by atoms with Crippen LogP contribution in [-0.4, -0.2) is 30.5 Å². The SMILES string of the molecule is O=C(NCCC1CCNC1)c1cc(-c2ccccc2)nc2ccccc12. The van der Waals surface area contributed by atoms with Gasteiger partial charge in [-0.1, -0.05) is 48.5 Å². The molecule has 1 aromatic heterocycles. The Hall–Kier alpha value is -2.72. The average molecular weight is 345 g/mol. The number of pyridine rings is 1. The summed E-state index contributed by atoms with van der Waals surface area (Å²) < 4.78 is 0. The second kappa shape index (κ2) is 7.67. The van der Waals surface area contributed by atoms with Crippen LogP contribution in [-0.2, 0) is 0 Å². The van der Waals surface area contributed by atoms with Crippen LogP contribution in [0.3, 0.4) is 0 Å². The second-order valence-corrected chi connectivity index (χ2v) is 6.84. The van der Waals surface area contributed by atoms with Crippen molar-refractivity contribution in [2.45, 2.75) is 12.8 Å². The highest BCUT2D eigenvalue weighted by Crippen LogP contribution is 2.24. The van der Waals surface area contributed by atoms with Gasteiger partial charge in [-0.05, 0) is 44.0 Å². The van der Waals surface area contributed by atoms with Crippen molar-refractivity contribution in [3.05, 3.63) is 66.2 Å². The zero-order valence-corrected chi connectivity index (χ0v) is 14.7. The Balaban J connectivity index is 1.61. The van der Waals surface area contributed by atoms with E-state index < -0.39 is 0 Å². The molecule has 0 saturated carbocycles. The van der Waals surface area contributed by atoms with E-state index in [-0.39, 0.29) is 5.91 Å². The number of para-hydroxylation sites is 1. The molecule has 2 aromatic carbocycles. The number of benzene rings is 2. The number of carbonyl (C=O) groups is 1. The molecule has 0 spiro atoms. The van der Waals surface area contributed by atoms with Crippen molar-refractivity contribution < 1.29 is 4.79 Å². The van der Waals surface area contributed by atoms with Crippen LogP contribution in [0.1, 0.15) is 23.2 Å². The second-order valence-electron chi connectivity index (χ2n) is 6.84. The highest BCUT2D eigenvalue weighted by molar-refractivity contribution is 6.07. The molecule has 4 nitrogen and oxygen atoms in total. The van der Waals surface area contributed by atoms with Crippen LogP contribution in [0, 0.1) is 5.92 Å². The minimum atomic E-state index is -0.0215. The van der Waals surface area contributed by atoms with Crippen molar-refractivity contribution in [1.82, 2.24) is 15.6 Å². The fraction of sp³-hybridized carbons (Fsp3) is 0.273. The van der Waals surface area contributed by atoms with Gasteiger partial charge in [0.05, 0.1) is 16.8 Å². The van der Waals surface area contributed by atoms with Crippen molar-refractivity contribution >= 4 is 16.8 Å². The molecule has 132 valence electrons. The minimum Gasteiger partial charge on any atom is -0.352 e. The number of amides is 1. The molecule has 1 fully saturated rings. The fourth-order valence-corrected chi connectivity index (χ4v) is 3.57. The number of hydrogen-bond donors (Lipinski definition) is 2. The predicted molar refractivity (Wildman–Crippen MR) is 105 cm³/mol. The maximum atomic E-state index is 12.9. The van der Waals surface area contributed by atoms with Crippen LogP contribution in [0.2, 0.25) is 0 Å². The van der Waals surface area contributed by atoms with E-state index in [4.69, 9.17) is 4.98 Å². The monoisotopic (exact) mass is 345 g/mol. The molecule has 4 heteroatoms. The standard InChI is InChI=1S/C22H23N3O/c26-22(24-13-11-16-10-12-23-15-16)19-14-21(17-6-2-1-3-7-17)25-20-9-5-4-8-18(19)20/h1-9,14,16,23H,10-13,15H2,(H,24,26). The van der Waals surface area contributed by atoms with E-state index in [0.29, 0.717) is 18.0 Å². The van der Waals surface area contributed by atoms with Gasteiger partial charge in [0, 0.05) is 17.5 Å². The van der Waals surface area contributed by atoms with Gasteiger partial charge in [0.1, 0.15) is 0 Å². The van der Waals surface area contributed by atoms with Crippen molar-refractivity contribution in [2.75, 3.05) is 19.6 Å². The topological polar surface area (TPSA) is 54.0 Å². The van der Waals surface area contributed by atoms with Crippen molar-refractivity contribution in [3.8, 4) is 11.3 Å². The molecule has 1 unspecified atom stereocenters. The Labute approximate surface area is 153 Å². The van der Waals surface area contributed by atoms with E-state index >= 15 is 0 Å². The number of aromatic nitrogens is 1. The lowest BCUT2D eigenvalue weighted by Crippen LogP contribution is -2.26. The largest absolute Gasteiger partial charge is 0.352 e. The molecule has 0 bridgehead atoms. The molecular weight excluding hydrogens is 322 g/mol. The summed E-state index contributed by atoms with van der Waals surface area (Å²) in [5.41, 5.74) is 3.39. The Kier molecular flexibility index (Phi) is 4.93. The van der Waals surface area contributed by atoms with Crippen LogP contribution in [0.5, 0.6) is 0 Å². The lowest BCUT2D eigenvalue weighted by atomic mass is 10.0. The molecule has 3 aromatic rings. The maximum absolute atomic E-state index is 12.9. The molecule has 1 atom stereocenters. The van der Waals surface area contributed by atoms with Gasteiger partial charge in [-0.25, -0.2) is 4.98 Å². The third kappa shape index (κ3) is 3.60. The molecule has 1 saturated heterocycles. The number of fused-ring (bicyclic) bond motifs is 1. The van der Waals surface area contributed by atoms with Gasteiger partial charge in [0.25, 0.3) is 5.91 Å². The molecule has 1 aliphatic rings. The quantitative estimate of drug-likeness (QED) is 0.742. The molecule has 26 heavy (non-hydrogen) atoms. The normalized spacial score (nSPS) is 16.7. The fourth-order valence-electron chi connectivity index (χ4n) is 3.57. The van der Waals surface area contributed by atoms with E-state index in [9.17, 15) is 4.79 Å². The number of carbonyl (C=O) groups excluding carboxylic acids is 1. The first-order chi connectivity index (χ1) is 12.8. The van der Waals surface area contributed by atoms with Gasteiger partial charge in [-0.2, -0.15) is 0 Å². The van der Waals surface area contributed by atoms with Gasteiger partial charge in [-0.15, -0.1) is 0 Å². The number of nitrogens with one attached hydrogen (secondary N) is 2. The van der Waals surface area contributed by atoms with Gasteiger partial charge < -0.3 is 10.6 Å². The summed E-state index contributed by atoms with van der Waals surface area (Å²) in [6.07, 6.45) is 2.22. The molecule has 4 rings (SSSR count). The minimum absolute atomic E-state index is 0.0215. The number of nitrogens with zero attached hydrogens (tertiary/aromatic N) is 1. The van der Waals surface area contributed by atoms with Crippen LogP contribution < -0.4 is 10.6 Å². The van der Waals surface area contributed by atoms with E-state index in [1.807, 2.05) is 60.7 Å². The smallest absolute Gasteiger partial charge is 0.252 e. The Morgan fingerprint density at radius 2 is 1.92 bits per heavy atom. The van der Waals surface area contributed by atoms with Crippen LogP contribution in [0.25, 0.3) is 22.2 Å². The summed E-state index contributed by atoms with van der Waals surface area (Å²) in [4.78, 5) is 17.6. The van der Waals surface area contributed by atoms with Gasteiger partial charge in [0.2, 0.25) is 0 Å². The zero-order chi connectivity index (χ0) is 17.8. The maximum Gasteiger partial charge on any atom is 0.252 e. The summed E-state index contributed by atoms with van der Waals surface area (Å²) in [7, 11) is 0. The molecule has 1 amide bonds. The molecular formula is C22H23N3O. The van der Waals surface area contributed by atoms with Crippen LogP contribution in [0.15, 0.2) is 60.7 Å². The Bertz CT molecular complexity index is 902. The van der Waals surface area contributed by atoms with Crippen molar-refractivity contribution in [2.24, 2.45) is 5.92 Å². The molecule has 1 aliphatic heterocycles. The summed E-state index contributed by atoms with van der Waals surface area (Å²) in [5.74, 6) is 0.649. The lowest BCUT2D eigenvalue weighted by Gasteiger charge is -2.12. The first-order valence-corrected chi connectivity index (χ1v) is 9.25. The average Bonchev–Trinajstić information content (AvgIpc) is 3.21. The highest BCUT2D eigenvalue weighted by Gasteiger charge is 2.16. The van der Waals surface area contributed by atoms with Gasteiger partial charge in [0.15, 0.2) is 0 Å². The van der Waals surface area contributed by atoms with Gasteiger partial charge in [-0.3, -0.25) is 4.79 Å². The predicted octanol–water partition coefficient (Wildman–Crippen LogP) is 3.63. The van der Waals surface area contributed by atoms with Gasteiger partial charge >= 0.3 is 0 Å². The van der Waals surface area contributed by atoms with E-state index in [1.54, 1.807) is 0 Å². The van der Waals surface area contributed by atoms with Crippen LogP contribution in [0.4, 0.5) is 0 Å². The summed E-state index contributed by atoms with van der Waals surface area (Å²) in [5, 5.41) is 7.37. The van der Waals surface area contributed by atoms with Crippen molar-refractivity contribution in [1.29, 1.82) is 0 Å². The van der Waals surface area contributed by atoms with Crippen molar-refractivity contribution in [3.63, 3.8) is 0 Å². The summed E-state index contributed by atoms with van der Waals surface area (Å²) >= 11 is 0. The highest BCUT2D eigenvalue weighted by atomic mass is 16.1. The molecule has 2 heterocycles. The Morgan fingerprint density at radius 3 is 2.73 bits per heavy atom. The van der Waals surface area contributed by atoms with E-state index in [0.717, 1.165) is 41.7 Å². The number of rotatable bonds is 5. The third-order valence-corrected chi connectivity index (χ3v) is 5.03. The van der Waals surface area contributed by atoms with E-state index in [1.165, 1.54) is 6.42 Å². The summed E-state index contributed by atoms with van der Waals surface area (Å²) in [6, 6.07) is 19.7. The Morgan fingerprint density at radius 1 is 1.12 bits per heavy atom. The lowest BCUT2D eigenvalue weighted by molar-refractivity contribution is 0.0953. The first-order valence-electron chi connectivity index (χ1n) is 9.25. The molecule has 2 N–H and O–H groups in total. The molecule has 0 aliphatic carbocycles.